The van der Waals surface area contributed by atoms with Gasteiger partial charge in [-0.05, 0) is 107 Å². The number of rotatable bonds is 8. The number of aryl methyl sites for hydroxylation is 2. The maximum absolute atomic E-state index is 13.4. The summed E-state index contributed by atoms with van der Waals surface area (Å²) in [6, 6.07) is 16.1. The molecular weight excluding hydrogens is 583 g/mol. The molecule has 38 heavy (non-hydrogen) atoms. The lowest BCUT2D eigenvalue weighted by atomic mass is 9.81. The van der Waals surface area contributed by atoms with Gasteiger partial charge in [-0.2, -0.15) is 5.10 Å². The van der Waals surface area contributed by atoms with E-state index in [2.05, 4.69) is 114 Å². The molecule has 2 unspecified atom stereocenters. The molecular formula is C32H39IN4O. The minimum Gasteiger partial charge on any atom is -0.305 e. The molecule has 6 heteroatoms. The maximum atomic E-state index is 13.4. The van der Waals surface area contributed by atoms with Crippen LogP contribution >= 0.6 is 22.6 Å². The molecule has 0 saturated carbocycles. The first-order valence-corrected chi connectivity index (χ1v) is 14.8. The Morgan fingerprint density at radius 1 is 1.05 bits per heavy atom. The molecule has 0 aliphatic carbocycles. The second-order valence-corrected chi connectivity index (χ2v) is 12.7. The van der Waals surface area contributed by atoms with Gasteiger partial charge >= 0.3 is 0 Å². The lowest BCUT2D eigenvalue weighted by Crippen LogP contribution is -2.49. The zero-order valence-corrected chi connectivity index (χ0v) is 25.2. The molecule has 2 saturated heterocycles. The van der Waals surface area contributed by atoms with Crippen molar-refractivity contribution in [2.45, 2.75) is 44.6 Å². The van der Waals surface area contributed by atoms with Gasteiger partial charge in [-0.25, -0.2) is 0 Å². The Hall–Kier alpha value is -2.29. The predicted molar refractivity (Wildman–Crippen MR) is 164 cm³/mol. The van der Waals surface area contributed by atoms with E-state index in [1.165, 1.54) is 22.3 Å². The van der Waals surface area contributed by atoms with Gasteiger partial charge in [0.15, 0.2) is 5.78 Å². The summed E-state index contributed by atoms with van der Waals surface area (Å²) in [5, 5.41) is 4.30. The molecule has 5 nitrogen and oxygen atoms in total. The van der Waals surface area contributed by atoms with Crippen LogP contribution in [0.2, 0.25) is 0 Å². The van der Waals surface area contributed by atoms with E-state index in [9.17, 15) is 4.79 Å². The molecule has 2 aliphatic heterocycles. The van der Waals surface area contributed by atoms with Crippen LogP contribution in [0.15, 0.2) is 65.0 Å². The Balaban J connectivity index is 1.25. The lowest BCUT2D eigenvalue weighted by molar-refractivity contribution is -0.127. The number of allylic oxidation sites excluding steroid dienone is 1. The monoisotopic (exact) mass is 622 g/mol. The van der Waals surface area contributed by atoms with Crippen LogP contribution < -0.4 is 0 Å². The van der Waals surface area contributed by atoms with Crippen molar-refractivity contribution in [3.63, 3.8) is 0 Å². The fourth-order valence-corrected chi connectivity index (χ4v) is 6.81. The fourth-order valence-electron chi connectivity index (χ4n) is 6.17. The average Bonchev–Trinajstić information content (AvgIpc) is 3.34. The van der Waals surface area contributed by atoms with E-state index >= 15 is 0 Å². The number of likely N-dealkylation sites (tertiary alicyclic amines) is 2. The van der Waals surface area contributed by atoms with Crippen molar-refractivity contribution in [3.05, 3.63) is 87.3 Å². The number of carbonyl (C=O) groups is 1. The third-order valence-electron chi connectivity index (χ3n) is 8.66. The number of ketones is 1. The minimum absolute atomic E-state index is 0.120. The molecule has 2 aromatic carbocycles. The molecule has 0 amide bonds. The van der Waals surface area contributed by atoms with Crippen molar-refractivity contribution in [3.8, 4) is 11.1 Å². The van der Waals surface area contributed by atoms with Crippen molar-refractivity contribution < 1.29 is 4.79 Å². The largest absolute Gasteiger partial charge is 0.305 e. The van der Waals surface area contributed by atoms with Gasteiger partial charge in [0, 0.05) is 43.9 Å². The zero-order valence-electron chi connectivity index (χ0n) is 23.0. The number of hydrogen-bond donors (Lipinski definition) is 0. The van der Waals surface area contributed by atoms with Gasteiger partial charge in [0.25, 0.3) is 0 Å². The molecule has 2 aliphatic rings. The third kappa shape index (κ3) is 5.68. The van der Waals surface area contributed by atoms with Crippen molar-refractivity contribution >= 4 is 28.4 Å². The zero-order chi connectivity index (χ0) is 27.0. The predicted octanol–water partition coefficient (Wildman–Crippen LogP) is 6.50. The van der Waals surface area contributed by atoms with Crippen molar-refractivity contribution in [2.75, 3.05) is 33.2 Å². The normalized spacial score (nSPS) is 19.2. The molecule has 0 bridgehead atoms. The van der Waals surface area contributed by atoms with Gasteiger partial charge < -0.3 is 4.90 Å². The van der Waals surface area contributed by atoms with Crippen LogP contribution in [-0.2, 0) is 11.8 Å². The van der Waals surface area contributed by atoms with E-state index in [-0.39, 0.29) is 11.8 Å². The molecule has 0 radical (unpaired) electrons. The van der Waals surface area contributed by atoms with Gasteiger partial charge in [0.05, 0.1) is 12.1 Å². The van der Waals surface area contributed by atoms with Gasteiger partial charge in [-0.15, -0.1) is 0 Å². The fraction of sp³-hybridized carbons (Fsp3) is 0.438. The first-order valence-electron chi connectivity index (χ1n) is 13.7. The summed E-state index contributed by atoms with van der Waals surface area (Å²) in [7, 11) is 4.03. The van der Waals surface area contributed by atoms with E-state index in [0.717, 1.165) is 53.7 Å². The highest BCUT2D eigenvalue weighted by Gasteiger charge is 2.36. The molecule has 3 aromatic rings. The van der Waals surface area contributed by atoms with E-state index < -0.39 is 0 Å². The highest BCUT2D eigenvalue weighted by molar-refractivity contribution is 14.1. The SMILES string of the molecule is C=C(I)C(C(=O)C1CN(C)C1)c1cc(C(C)N2CCC(c3ccc(-c4cnn(C)c4)cc3)CC2)ccc1C. The Bertz CT molecular complexity index is 1300. The molecule has 2 atom stereocenters. The molecule has 200 valence electrons. The number of hydrogen-bond acceptors (Lipinski definition) is 4. The second-order valence-electron chi connectivity index (χ2n) is 11.3. The summed E-state index contributed by atoms with van der Waals surface area (Å²) in [4.78, 5) is 18.2. The van der Waals surface area contributed by atoms with Crippen LogP contribution in [0.3, 0.4) is 0 Å². The van der Waals surface area contributed by atoms with Crippen LogP contribution in [-0.4, -0.2) is 58.6 Å². The summed E-state index contributed by atoms with van der Waals surface area (Å²) >= 11 is 2.26. The minimum atomic E-state index is -0.221. The van der Waals surface area contributed by atoms with Gasteiger partial charge in [0.1, 0.15) is 0 Å². The average molecular weight is 623 g/mol. The number of aromatic nitrogens is 2. The maximum Gasteiger partial charge on any atom is 0.150 e. The van der Waals surface area contributed by atoms with Crippen molar-refractivity contribution in [2.24, 2.45) is 13.0 Å². The molecule has 1 aromatic heterocycles. The standard InChI is InChI=1S/C32H39IN4O/c1-21-6-7-27(16-30(21)31(22(2)33)32(38)29-18-35(4)19-29)23(3)37-14-12-26(13-15-37)24-8-10-25(11-9-24)28-17-34-36(5)20-28/h6-11,16-17,20,23,26,29,31H,2,12-15,18-19H2,1,3-5H3. The molecule has 5 rings (SSSR count). The van der Waals surface area contributed by atoms with Crippen LogP contribution in [0.25, 0.3) is 11.1 Å². The van der Waals surface area contributed by atoms with E-state index in [4.69, 9.17) is 0 Å². The first kappa shape index (κ1) is 27.3. The number of nitrogens with zero attached hydrogens (tertiary/aromatic N) is 4. The topological polar surface area (TPSA) is 41.4 Å². The van der Waals surface area contributed by atoms with Crippen LogP contribution in [0.5, 0.6) is 0 Å². The Morgan fingerprint density at radius 2 is 1.74 bits per heavy atom. The number of halogens is 1. The van der Waals surface area contributed by atoms with Gasteiger partial charge in [-0.3, -0.25) is 14.4 Å². The van der Waals surface area contributed by atoms with Crippen LogP contribution in [0, 0.1) is 12.8 Å². The summed E-state index contributed by atoms with van der Waals surface area (Å²) in [5.74, 6) is 0.821. The molecule has 3 heterocycles. The van der Waals surface area contributed by atoms with E-state index in [0.29, 0.717) is 17.7 Å². The smallest absolute Gasteiger partial charge is 0.150 e. The Morgan fingerprint density at radius 3 is 2.32 bits per heavy atom. The van der Waals surface area contributed by atoms with E-state index in [1.807, 2.05) is 17.9 Å². The quantitative estimate of drug-likeness (QED) is 0.269. The Labute approximate surface area is 241 Å². The van der Waals surface area contributed by atoms with Crippen LogP contribution in [0.1, 0.15) is 59.9 Å². The van der Waals surface area contributed by atoms with Gasteiger partial charge in [0.2, 0.25) is 0 Å². The lowest BCUT2D eigenvalue weighted by Gasteiger charge is -2.38. The number of benzene rings is 2. The van der Waals surface area contributed by atoms with Gasteiger partial charge in [-0.1, -0.05) is 49.0 Å². The molecule has 0 spiro atoms. The third-order valence-corrected chi connectivity index (χ3v) is 9.28. The van der Waals surface area contributed by atoms with Crippen molar-refractivity contribution in [1.29, 1.82) is 0 Å². The number of piperidine rings is 1. The summed E-state index contributed by atoms with van der Waals surface area (Å²) in [6.07, 6.45) is 6.31. The van der Waals surface area contributed by atoms with Crippen molar-refractivity contribution in [1.82, 2.24) is 19.6 Å². The Kier molecular flexibility index (Phi) is 8.22. The molecule has 0 N–H and O–H groups in total. The number of Topliss-reactive ketones (excluding diaryl/α,β-unsaturated/α-hetero) is 1. The summed E-state index contributed by atoms with van der Waals surface area (Å²) in [6.45, 7) is 12.5. The highest BCUT2D eigenvalue weighted by Crippen LogP contribution is 2.38. The first-order chi connectivity index (χ1) is 18.2. The summed E-state index contributed by atoms with van der Waals surface area (Å²) < 4.78 is 2.77. The second kappa shape index (κ2) is 11.4. The van der Waals surface area contributed by atoms with Crippen LogP contribution in [0.4, 0.5) is 0 Å². The summed E-state index contributed by atoms with van der Waals surface area (Å²) in [5.41, 5.74) is 7.43. The number of carbonyl (C=O) groups excluding carboxylic acids is 1. The highest BCUT2D eigenvalue weighted by atomic mass is 127. The molecule has 2 fully saturated rings. The van der Waals surface area contributed by atoms with E-state index in [1.54, 1.807) is 0 Å².